The van der Waals surface area contributed by atoms with Gasteiger partial charge < -0.3 is 60.0 Å². The van der Waals surface area contributed by atoms with E-state index in [1.807, 2.05) is 115 Å². The molecule has 0 radical (unpaired) electrons. The minimum Gasteiger partial charge on any atom is -0.504 e. The number of nitrogens with zero attached hydrogens (tertiary/aromatic N) is 4. The Hall–Kier alpha value is -10.4. The van der Waals surface area contributed by atoms with Gasteiger partial charge in [0.1, 0.15) is 11.2 Å². The molecule has 0 atom stereocenters. The molecule has 0 amide bonds. The number of hydrogen-bond acceptors (Lipinski definition) is 14. The Kier molecular flexibility index (Phi) is 9.60. The van der Waals surface area contributed by atoms with Crippen LogP contribution in [0.1, 0.15) is 0 Å². The van der Waals surface area contributed by atoms with Gasteiger partial charge in [0.15, 0.2) is 40.5 Å². The van der Waals surface area contributed by atoms with E-state index in [9.17, 15) is 51.1 Å². The van der Waals surface area contributed by atoms with E-state index in [4.69, 9.17) is 19.4 Å². The number of furan rings is 1. The number of aromatic hydroxyl groups is 10. The molecule has 12 aromatic rings. The lowest BCUT2D eigenvalue weighted by Crippen LogP contribution is -2.01. The molecular formula is C57H36N4O11. The van der Waals surface area contributed by atoms with Gasteiger partial charge in [0.2, 0.25) is 34.5 Å². The molecule has 0 bridgehead atoms. The Balaban J connectivity index is 1.06. The van der Waals surface area contributed by atoms with Gasteiger partial charge in [-0.05, 0) is 59.2 Å². The first-order chi connectivity index (χ1) is 34.9. The van der Waals surface area contributed by atoms with Gasteiger partial charge in [-0.3, -0.25) is 0 Å². The van der Waals surface area contributed by atoms with Gasteiger partial charge in [0.25, 0.3) is 0 Å². The fourth-order valence-corrected chi connectivity index (χ4v) is 9.53. The second kappa shape index (κ2) is 16.1. The zero-order valence-electron chi connectivity index (χ0n) is 37.2. The van der Waals surface area contributed by atoms with Crippen molar-refractivity contribution in [2.24, 2.45) is 0 Å². The molecule has 10 N–H and O–H groups in total. The highest BCUT2D eigenvalue weighted by Gasteiger charge is 2.31. The number of phenolic OH excluding ortho intramolecular Hbond substituents is 10. The second-order valence-electron chi connectivity index (χ2n) is 17.1. The monoisotopic (exact) mass is 952 g/mol. The van der Waals surface area contributed by atoms with Gasteiger partial charge in [-0.25, -0.2) is 15.0 Å². The highest BCUT2D eigenvalue weighted by atomic mass is 16.4. The maximum Gasteiger partial charge on any atom is 0.208 e. The molecule has 12 rings (SSSR count). The Morgan fingerprint density at radius 2 is 0.819 bits per heavy atom. The number of fused-ring (bicyclic) bond motifs is 6. The van der Waals surface area contributed by atoms with Crippen molar-refractivity contribution in [1.29, 1.82) is 0 Å². The van der Waals surface area contributed by atoms with Crippen molar-refractivity contribution in [2.75, 3.05) is 0 Å². The van der Waals surface area contributed by atoms with Crippen LogP contribution in [0.15, 0.2) is 162 Å². The first-order valence-electron chi connectivity index (χ1n) is 22.3. The van der Waals surface area contributed by atoms with Crippen molar-refractivity contribution in [3.8, 4) is 131 Å². The molecule has 15 heteroatoms. The van der Waals surface area contributed by atoms with Crippen LogP contribution in [-0.2, 0) is 0 Å². The number of rotatable bonds is 7. The Morgan fingerprint density at radius 3 is 1.47 bits per heavy atom. The normalized spacial score (nSPS) is 11.6. The van der Waals surface area contributed by atoms with Crippen molar-refractivity contribution >= 4 is 43.7 Å². The summed E-state index contributed by atoms with van der Waals surface area (Å²) in [5.74, 6) is -9.80. The van der Waals surface area contributed by atoms with Crippen LogP contribution in [0.5, 0.6) is 57.5 Å². The van der Waals surface area contributed by atoms with E-state index < -0.39 is 68.6 Å². The van der Waals surface area contributed by atoms with Gasteiger partial charge in [-0.2, -0.15) is 0 Å². The highest BCUT2D eigenvalue weighted by molar-refractivity contribution is 6.17. The SMILES string of the molecule is Oc1c(O)c(O)c(-c2cc(-c3c(O)c(O)c(O)c(O)c3O)c3c(c2)c2ccccc2n3-c2ccc3c(c2)oc2cc(-c4nc(-c5ccccc5)nc(-c5ccccc5-c5ccccc5)n4)ccc23)c(O)c1O. The van der Waals surface area contributed by atoms with Crippen LogP contribution >= 0.6 is 0 Å². The van der Waals surface area contributed by atoms with E-state index >= 15 is 0 Å². The molecule has 0 aliphatic heterocycles. The van der Waals surface area contributed by atoms with E-state index in [-0.39, 0.29) is 16.6 Å². The Bertz CT molecular complexity index is 4170. The van der Waals surface area contributed by atoms with Crippen LogP contribution in [0, 0.1) is 0 Å². The number of phenols is 10. The summed E-state index contributed by atoms with van der Waals surface area (Å²) in [5, 5.41) is 111. The van der Waals surface area contributed by atoms with Crippen LogP contribution < -0.4 is 0 Å². The number of benzene rings is 9. The lowest BCUT2D eigenvalue weighted by Gasteiger charge is -2.18. The third-order valence-corrected chi connectivity index (χ3v) is 13.0. The molecule has 0 saturated heterocycles. The zero-order valence-corrected chi connectivity index (χ0v) is 37.2. The van der Waals surface area contributed by atoms with Gasteiger partial charge in [-0.1, -0.05) is 109 Å². The minimum absolute atomic E-state index is 0.128. The van der Waals surface area contributed by atoms with Crippen LogP contribution in [0.4, 0.5) is 0 Å². The average Bonchev–Trinajstić information content (AvgIpc) is 3.96. The minimum atomic E-state index is -1.20. The fraction of sp³-hybridized carbons (Fsp3) is 0. The fourth-order valence-electron chi connectivity index (χ4n) is 9.53. The van der Waals surface area contributed by atoms with Crippen LogP contribution in [0.2, 0.25) is 0 Å². The van der Waals surface area contributed by atoms with E-state index in [0.717, 1.165) is 33.0 Å². The molecule has 3 heterocycles. The molecule has 15 nitrogen and oxygen atoms in total. The van der Waals surface area contributed by atoms with Crippen molar-refractivity contribution in [3.63, 3.8) is 0 Å². The predicted molar refractivity (Wildman–Crippen MR) is 271 cm³/mol. The van der Waals surface area contributed by atoms with Crippen LogP contribution in [0.25, 0.3) is 117 Å². The van der Waals surface area contributed by atoms with Crippen LogP contribution in [0.3, 0.4) is 0 Å². The van der Waals surface area contributed by atoms with E-state index in [0.29, 0.717) is 56.2 Å². The number of hydrogen-bond donors (Lipinski definition) is 10. The number of para-hydroxylation sites is 1. The third kappa shape index (κ3) is 6.49. The molecule has 0 aliphatic carbocycles. The molecule has 0 spiro atoms. The quantitative estimate of drug-likeness (QED) is 0.0527. The van der Waals surface area contributed by atoms with Gasteiger partial charge in [0.05, 0.1) is 22.2 Å². The van der Waals surface area contributed by atoms with E-state index in [1.54, 1.807) is 34.9 Å². The maximum atomic E-state index is 11.4. The summed E-state index contributed by atoms with van der Waals surface area (Å²) in [4.78, 5) is 15.0. The summed E-state index contributed by atoms with van der Waals surface area (Å²) in [7, 11) is 0. The standard InChI is InChI=1S/C57H36N4O11/c62-45-42(46(63)50(67)53(70)49(45)66)30-23-37-33-16-9-10-18-39(33)61(44(37)38(24-30)43-47(64)51(68)54(71)52(69)48(43)65)31-20-22-35-34-21-19-29(25-40(34)72-41(35)26-31)56-58-55(28-13-5-2-6-14-28)59-57(60-56)36-17-8-7-15-32(36)27-11-3-1-4-12-27/h1-26,62-71H. The summed E-state index contributed by atoms with van der Waals surface area (Å²) in [6.45, 7) is 0. The highest BCUT2D eigenvalue weighted by Crippen LogP contribution is 2.59. The second-order valence-corrected chi connectivity index (χ2v) is 17.1. The Morgan fingerprint density at radius 1 is 0.319 bits per heavy atom. The summed E-state index contributed by atoms with van der Waals surface area (Å²) in [6.07, 6.45) is 0. The van der Waals surface area contributed by atoms with Gasteiger partial charge in [0, 0.05) is 55.6 Å². The predicted octanol–water partition coefficient (Wildman–Crippen LogP) is 11.9. The first kappa shape index (κ1) is 42.9. The van der Waals surface area contributed by atoms with Crippen molar-refractivity contribution < 1.29 is 55.5 Å². The lowest BCUT2D eigenvalue weighted by molar-refractivity contribution is 0.330. The molecule has 0 fully saturated rings. The summed E-state index contributed by atoms with van der Waals surface area (Å²) in [6, 6.07) is 48.6. The number of aromatic nitrogens is 4. The molecule has 350 valence electrons. The molecule has 0 unspecified atom stereocenters. The van der Waals surface area contributed by atoms with Gasteiger partial charge >= 0.3 is 0 Å². The van der Waals surface area contributed by atoms with E-state index in [2.05, 4.69) is 0 Å². The van der Waals surface area contributed by atoms with Crippen molar-refractivity contribution in [2.45, 2.75) is 0 Å². The first-order valence-corrected chi connectivity index (χ1v) is 22.3. The molecule has 3 aromatic heterocycles. The molecule has 72 heavy (non-hydrogen) atoms. The average molecular weight is 953 g/mol. The summed E-state index contributed by atoms with van der Waals surface area (Å²) >= 11 is 0. The summed E-state index contributed by atoms with van der Waals surface area (Å²) < 4.78 is 8.40. The zero-order chi connectivity index (χ0) is 49.7. The molecular weight excluding hydrogens is 917 g/mol. The lowest BCUT2D eigenvalue weighted by atomic mass is 9.92. The van der Waals surface area contributed by atoms with Crippen molar-refractivity contribution in [1.82, 2.24) is 19.5 Å². The third-order valence-electron chi connectivity index (χ3n) is 13.0. The smallest absolute Gasteiger partial charge is 0.208 e. The topological polar surface area (TPSA) is 259 Å². The maximum absolute atomic E-state index is 11.4. The Labute approximate surface area is 405 Å². The van der Waals surface area contributed by atoms with Gasteiger partial charge in [-0.15, -0.1) is 0 Å². The van der Waals surface area contributed by atoms with Crippen LogP contribution in [-0.4, -0.2) is 70.6 Å². The molecule has 0 saturated carbocycles. The van der Waals surface area contributed by atoms with Crippen molar-refractivity contribution in [3.05, 3.63) is 158 Å². The largest absolute Gasteiger partial charge is 0.504 e. The molecule has 0 aliphatic rings. The summed E-state index contributed by atoms with van der Waals surface area (Å²) in [5.41, 5.74) is 5.10. The molecule has 9 aromatic carbocycles. The van der Waals surface area contributed by atoms with E-state index in [1.165, 1.54) is 12.1 Å².